The monoisotopic (exact) mass is 458 g/mol. The van der Waals surface area contributed by atoms with E-state index in [2.05, 4.69) is 10.0 Å². The number of rotatable bonds is 9. The van der Waals surface area contributed by atoms with E-state index in [1.54, 1.807) is 42.5 Å². The standard InChI is InChI=1S/C23H23FN2O5S/c1-30-18-10-13-20(22(15-18)31-2)25-23(27)21(14-16-6-4-3-5-7-16)26-32(28,29)19-11-8-17(24)9-12-19/h3-13,15,21,26H,14H2,1-2H3,(H,25,27). The third kappa shape index (κ3) is 5.83. The molecular formula is C23H23FN2O5S. The van der Waals surface area contributed by atoms with Crippen molar-refractivity contribution in [1.29, 1.82) is 0 Å². The molecule has 0 heterocycles. The maximum Gasteiger partial charge on any atom is 0.243 e. The van der Waals surface area contributed by atoms with Crippen molar-refractivity contribution in [1.82, 2.24) is 4.72 Å². The molecule has 3 rings (SSSR count). The molecule has 0 radical (unpaired) electrons. The molecule has 3 aromatic rings. The Morgan fingerprint density at radius 2 is 1.66 bits per heavy atom. The molecule has 0 saturated heterocycles. The molecular weight excluding hydrogens is 435 g/mol. The Bertz CT molecular complexity index is 1170. The molecule has 0 fully saturated rings. The Hall–Kier alpha value is -3.43. The number of amides is 1. The van der Waals surface area contributed by atoms with E-state index in [9.17, 15) is 17.6 Å². The van der Waals surface area contributed by atoms with Gasteiger partial charge in [-0.1, -0.05) is 30.3 Å². The highest BCUT2D eigenvalue weighted by Crippen LogP contribution is 2.29. The summed E-state index contributed by atoms with van der Waals surface area (Å²) in [5.74, 6) is -0.243. The van der Waals surface area contributed by atoms with Crippen LogP contribution in [0.15, 0.2) is 77.7 Å². The highest BCUT2D eigenvalue weighted by molar-refractivity contribution is 7.89. The third-order valence-electron chi connectivity index (χ3n) is 4.69. The zero-order chi connectivity index (χ0) is 23.1. The van der Waals surface area contributed by atoms with Crippen molar-refractivity contribution in [2.45, 2.75) is 17.4 Å². The molecule has 0 bridgehead atoms. The van der Waals surface area contributed by atoms with E-state index in [4.69, 9.17) is 9.47 Å². The van der Waals surface area contributed by atoms with Gasteiger partial charge in [-0.2, -0.15) is 4.72 Å². The summed E-state index contributed by atoms with van der Waals surface area (Å²) < 4.78 is 51.8. The van der Waals surface area contributed by atoms with Crippen molar-refractivity contribution >= 4 is 21.6 Å². The van der Waals surface area contributed by atoms with Crippen LogP contribution in [0.2, 0.25) is 0 Å². The molecule has 1 atom stereocenters. The van der Waals surface area contributed by atoms with Crippen LogP contribution in [-0.4, -0.2) is 34.6 Å². The van der Waals surface area contributed by atoms with Crippen molar-refractivity contribution < 1.29 is 27.1 Å². The Balaban J connectivity index is 1.88. The minimum Gasteiger partial charge on any atom is -0.497 e. The minimum absolute atomic E-state index is 0.103. The largest absolute Gasteiger partial charge is 0.497 e. The normalized spacial score (nSPS) is 12.1. The molecule has 1 unspecified atom stereocenters. The first kappa shape index (κ1) is 23.2. The van der Waals surface area contributed by atoms with E-state index in [0.717, 1.165) is 29.8 Å². The van der Waals surface area contributed by atoms with Gasteiger partial charge in [0.15, 0.2) is 0 Å². The van der Waals surface area contributed by atoms with Gasteiger partial charge in [0.2, 0.25) is 15.9 Å². The van der Waals surface area contributed by atoms with Crippen LogP contribution in [0.25, 0.3) is 0 Å². The van der Waals surface area contributed by atoms with E-state index in [1.807, 2.05) is 6.07 Å². The van der Waals surface area contributed by atoms with E-state index in [1.165, 1.54) is 14.2 Å². The lowest BCUT2D eigenvalue weighted by Crippen LogP contribution is -2.45. The zero-order valence-electron chi connectivity index (χ0n) is 17.5. The van der Waals surface area contributed by atoms with Gasteiger partial charge in [0.1, 0.15) is 23.4 Å². The average molecular weight is 459 g/mol. The van der Waals surface area contributed by atoms with Crippen LogP contribution in [0.4, 0.5) is 10.1 Å². The number of anilines is 1. The minimum atomic E-state index is -4.09. The van der Waals surface area contributed by atoms with Gasteiger partial charge in [0, 0.05) is 6.07 Å². The summed E-state index contributed by atoms with van der Waals surface area (Å²) in [6, 6.07) is 17.1. The first-order valence-electron chi connectivity index (χ1n) is 9.67. The number of sulfonamides is 1. The summed E-state index contributed by atoms with van der Waals surface area (Å²) in [6.45, 7) is 0. The van der Waals surface area contributed by atoms with Gasteiger partial charge in [0.25, 0.3) is 0 Å². The molecule has 1 amide bonds. The molecule has 0 aromatic heterocycles. The molecule has 0 saturated carbocycles. The molecule has 3 aromatic carbocycles. The van der Waals surface area contributed by atoms with E-state index < -0.39 is 27.8 Å². The first-order valence-corrected chi connectivity index (χ1v) is 11.2. The fraction of sp³-hybridized carbons (Fsp3) is 0.174. The van der Waals surface area contributed by atoms with Crippen molar-refractivity contribution in [2.75, 3.05) is 19.5 Å². The summed E-state index contributed by atoms with van der Waals surface area (Å²) in [4.78, 5) is 13.0. The van der Waals surface area contributed by atoms with Crippen LogP contribution in [0, 0.1) is 5.82 Å². The SMILES string of the molecule is COc1ccc(NC(=O)C(Cc2ccccc2)NS(=O)(=O)c2ccc(F)cc2)c(OC)c1. The number of carbonyl (C=O) groups excluding carboxylic acids is 1. The van der Waals surface area contributed by atoms with E-state index in [-0.39, 0.29) is 11.3 Å². The lowest BCUT2D eigenvalue weighted by atomic mass is 10.1. The number of nitrogens with one attached hydrogen (secondary N) is 2. The van der Waals surface area contributed by atoms with Crippen molar-refractivity contribution in [3.63, 3.8) is 0 Å². The van der Waals surface area contributed by atoms with Crippen LogP contribution in [-0.2, 0) is 21.2 Å². The predicted octanol–water partition coefficient (Wildman–Crippen LogP) is 3.37. The fourth-order valence-corrected chi connectivity index (χ4v) is 4.22. The highest BCUT2D eigenvalue weighted by Gasteiger charge is 2.27. The summed E-state index contributed by atoms with van der Waals surface area (Å²) in [5, 5.41) is 2.71. The molecule has 168 valence electrons. The number of ether oxygens (including phenoxy) is 2. The van der Waals surface area contributed by atoms with Crippen molar-refractivity contribution in [3.8, 4) is 11.5 Å². The van der Waals surface area contributed by atoms with Gasteiger partial charge in [-0.15, -0.1) is 0 Å². The van der Waals surface area contributed by atoms with Crippen LogP contribution >= 0.6 is 0 Å². The fourth-order valence-electron chi connectivity index (χ4n) is 3.03. The number of benzene rings is 3. The van der Waals surface area contributed by atoms with Gasteiger partial charge in [-0.3, -0.25) is 4.79 Å². The molecule has 0 aliphatic rings. The number of carbonyl (C=O) groups is 1. The lowest BCUT2D eigenvalue weighted by Gasteiger charge is -2.20. The summed E-state index contributed by atoms with van der Waals surface area (Å²) in [6.07, 6.45) is 0.103. The zero-order valence-corrected chi connectivity index (χ0v) is 18.4. The maximum absolute atomic E-state index is 13.2. The lowest BCUT2D eigenvalue weighted by molar-refractivity contribution is -0.117. The highest BCUT2D eigenvalue weighted by atomic mass is 32.2. The number of methoxy groups -OCH3 is 2. The molecule has 9 heteroatoms. The Labute approximate surface area is 186 Å². The molecule has 2 N–H and O–H groups in total. The maximum atomic E-state index is 13.2. The van der Waals surface area contributed by atoms with Crippen LogP contribution < -0.4 is 19.5 Å². The van der Waals surface area contributed by atoms with Gasteiger partial charge in [-0.25, -0.2) is 12.8 Å². The van der Waals surface area contributed by atoms with Crippen LogP contribution in [0.5, 0.6) is 11.5 Å². The summed E-state index contributed by atoms with van der Waals surface area (Å²) >= 11 is 0. The third-order valence-corrected chi connectivity index (χ3v) is 6.17. The number of halogens is 1. The summed E-state index contributed by atoms with van der Waals surface area (Å²) in [7, 11) is -1.13. The van der Waals surface area contributed by atoms with Gasteiger partial charge >= 0.3 is 0 Å². The Morgan fingerprint density at radius 1 is 0.969 bits per heavy atom. The Kier molecular flexibility index (Phi) is 7.45. The molecule has 7 nitrogen and oxygen atoms in total. The van der Waals surface area contributed by atoms with Gasteiger partial charge in [0.05, 0.1) is 24.8 Å². The second kappa shape index (κ2) is 10.3. The van der Waals surface area contributed by atoms with Gasteiger partial charge < -0.3 is 14.8 Å². The molecule has 0 aliphatic heterocycles. The van der Waals surface area contributed by atoms with Crippen LogP contribution in [0.1, 0.15) is 5.56 Å². The molecule has 0 spiro atoms. The van der Waals surface area contributed by atoms with Crippen molar-refractivity contribution in [3.05, 3.63) is 84.2 Å². The average Bonchev–Trinajstić information content (AvgIpc) is 2.79. The second-order valence-corrected chi connectivity index (χ2v) is 8.59. The number of hydrogen-bond donors (Lipinski definition) is 2. The van der Waals surface area contributed by atoms with Crippen LogP contribution in [0.3, 0.4) is 0 Å². The quantitative estimate of drug-likeness (QED) is 0.513. The predicted molar refractivity (Wildman–Crippen MR) is 119 cm³/mol. The molecule has 0 aliphatic carbocycles. The Morgan fingerprint density at radius 3 is 2.28 bits per heavy atom. The topological polar surface area (TPSA) is 93.7 Å². The number of hydrogen-bond acceptors (Lipinski definition) is 5. The smallest absolute Gasteiger partial charge is 0.243 e. The summed E-state index contributed by atoms with van der Waals surface area (Å²) in [5.41, 5.74) is 1.12. The van der Waals surface area contributed by atoms with Crippen molar-refractivity contribution in [2.24, 2.45) is 0 Å². The first-order chi connectivity index (χ1) is 15.3. The molecule has 32 heavy (non-hydrogen) atoms. The van der Waals surface area contributed by atoms with Gasteiger partial charge in [-0.05, 0) is 48.4 Å². The second-order valence-electron chi connectivity index (χ2n) is 6.87. The van der Waals surface area contributed by atoms with E-state index in [0.29, 0.717) is 17.2 Å². The van der Waals surface area contributed by atoms with E-state index >= 15 is 0 Å².